The van der Waals surface area contributed by atoms with Crippen molar-refractivity contribution >= 4 is 39.1 Å². The van der Waals surface area contributed by atoms with Crippen molar-refractivity contribution in [2.24, 2.45) is 5.14 Å². The standard InChI is InChI=1S/C14H15ClN2O2S2/c1-9-13(6-12(16)7-14(9)21(17,18)19)20-8-10-2-4-11(15)5-3-10/h2-7H,8,16H2,1H3,(H2,17,18,19). The van der Waals surface area contributed by atoms with Gasteiger partial charge >= 0.3 is 0 Å². The number of anilines is 1. The van der Waals surface area contributed by atoms with E-state index in [9.17, 15) is 8.42 Å². The highest BCUT2D eigenvalue weighted by atomic mass is 35.5. The summed E-state index contributed by atoms with van der Waals surface area (Å²) in [4.78, 5) is 0.870. The summed E-state index contributed by atoms with van der Waals surface area (Å²) in [5.74, 6) is 0.686. The largest absolute Gasteiger partial charge is 0.399 e. The maximum Gasteiger partial charge on any atom is 0.238 e. The number of rotatable bonds is 4. The highest BCUT2D eigenvalue weighted by Crippen LogP contribution is 2.32. The van der Waals surface area contributed by atoms with Gasteiger partial charge in [0.05, 0.1) is 4.90 Å². The predicted octanol–water partition coefficient (Wildman–Crippen LogP) is 3.17. The minimum absolute atomic E-state index is 0.0705. The van der Waals surface area contributed by atoms with Gasteiger partial charge in [0.2, 0.25) is 10.0 Å². The van der Waals surface area contributed by atoms with E-state index in [0.717, 1.165) is 10.5 Å². The fourth-order valence-corrected chi connectivity index (χ4v) is 3.96. The molecule has 0 amide bonds. The molecule has 0 atom stereocenters. The number of benzene rings is 2. The first-order valence-electron chi connectivity index (χ1n) is 6.07. The molecule has 2 aromatic carbocycles. The average molecular weight is 343 g/mol. The van der Waals surface area contributed by atoms with Crippen molar-refractivity contribution in [3.05, 3.63) is 52.5 Å². The zero-order valence-corrected chi connectivity index (χ0v) is 13.7. The highest BCUT2D eigenvalue weighted by molar-refractivity contribution is 7.98. The Hall–Kier alpha value is -1.21. The van der Waals surface area contributed by atoms with E-state index in [1.807, 2.05) is 24.3 Å². The van der Waals surface area contributed by atoms with Crippen molar-refractivity contribution in [2.45, 2.75) is 22.5 Å². The quantitative estimate of drug-likeness (QED) is 0.660. The van der Waals surface area contributed by atoms with Crippen molar-refractivity contribution < 1.29 is 8.42 Å². The molecule has 4 N–H and O–H groups in total. The molecule has 0 aliphatic rings. The van der Waals surface area contributed by atoms with Gasteiger partial charge in [0, 0.05) is 21.4 Å². The molecule has 0 heterocycles. The Balaban J connectivity index is 2.28. The Morgan fingerprint density at radius 1 is 1.19 bits per heavy atom. The molecule has 0 spiro atoms. The van der Waals surface area contributed by atoms with E-state index in [2.05, 4.69) is 0 Å². The number of hydrogen-bond donors (Lipinski definition) is 2. The third-order valence-corrected chi connectivity index (χ3v) is 5.45. The van der Waals surface area contributed by atoms with Gasteiger partial charge in [0.1, 0.15) is 0 Å². The van der Waals surface area contributed by atoms with Crippen LogP contribution in [0.4, 0.5) is 5.69 Å². The van der Waals surface area contributed by atoms with Crippen LogP contribution in [0.1, 0.15) is 11.1 Å². The molecule has 0 fully saturated rings. The molecule has 0 aliphatic carbocycles. The summed E-state index contributed by atoms with van der Waals surface area (Å²) in [7, 11) is -3.78. The third kappa shape index (κ3) is 4.14. The normalized spacial score (nSPS) is 11.6. The summed E-state index contributed by atoms with van der Waals surface area (Å²) in [5.41, 5.74) is 7.84. The van der Waals surface area contributed by atoms with Crippen molar-refractivity contribution in [2.75, 3.05) is 5.73 Å². The third-order valence-electron chi connectivity index (χ3n) is 2.95. The number of nitrogens with two attached hydrogens (primary N) is 2. The molecule has 21 heavy (non-hydrogen) atoms. The number of thioether (sulfide) groups is 1. The topological polar surface area (TPSA) is 86.2 Å². The van der Waals surface area contributed by atoms with Gasteiger partial charge < -0.3 is 5.73 Å². The van der Waals surface area contributed by atoms with E-state index in [1.54, 1.807) is 13.0 Å². The molecule has 112 valence electrons. The van der Waals surface area contributed by atoms with E-state index < -0.39 is 10.0 Å². The van der Waals surface area contributed by atoms with Gasteiger partial charge in [0.15, 0.2) is 0 Å². The van der Waals surface area contributed by atoms with Crippen molar-refractivity contribution in [1.82, 2.24) is 0 Å². The zero-order valence-electron chi connectivity index (χ0n) is 11.3. The molecule has 2 aromatic rings. The van der Waals surface area contributed by atoms with Crippen LogP contribution in [-0.2, 0) is 15.8 Å². The average Bonchev–Trinajstić information content (AvgIpc) is 2.40. The molecule has 0 bridgehead atoms. The van der Waals surface area contributed by atoms with E-state index in [1.165, 1.54) is 17.8 Å². The molecule has 0 saturated heterocycles. The maximum atomic E-state index is 11.6. The second-order valence-corrected chi connectivity index (χ2v) is 7.59. The monoisotopic (exact) mass is 342 g/mol. The Bertz CT molecular complexity index is 759. The van der Waals surface area contributed by atoms with Crippen molar-refractivity contribution in [3.8, 4) is 0 Å². The van der Waals surface area contributed by atoms with Gasteiger partial charge in [-0.3, -0.25) is 0 Å². The van der Waals surface area contributed by atoms with Crippen LogP contribution in [0, 0.1) is 6.92 Å². The molecule has 0 unspecified atom stereocenters. The number of nitrogen functional groups attached to an aromatic ring is 1. The van der Waals surface area contributed by atoms with Crippen LogP contribution in [0.3, 0.4) is 0 Å². The zero-order chi connectivity index (χ0) is 15.6. The molecule has 7 heteroatoms. The SMILES string of the molecule is Cc1c(SCc2ccc(Cl)cc2)cc(N)cc1S(N)(=O)=O. The van der Waals surface area contributed by atoms with E-state index in [-0.39, 0.29) is 4.90 Å². The summed E-state index contributed by atoms with van der Waals surface area (Å²) in [6.45, 7) is 1.73. The molecule has 0 aromatic heterocycles. The van der Waals surface area contributed by atoms with Gasteiger partial charge in [-0.15, -0.1) is 11.8 Å². The number of hydrogen-bond acceptors (Lipinski definition) is 4. The predicted molar refractivity (Wildman–Crippen MR) is 88.0 cm³/mol. The van der Waals surface area contributed by atoms with Gasteiger partial charge in [-0.25, -0.2) is 13.6 Å². The number of primary sulfonamides is 1. The molecular weight excluding hydrogens is 328 g/mol. The van der Waals surface area contributed by atoms with E-state index in [4.69, 9.17) is 22.5 Å². The first kappa shape index (κ1) is 16.2. The van der Waals surface area contributed by atoms with Crippen LogP contribution in [0.5, 0.6) is 0 Å². The van der Waals surface area contributed by atoms with Crippen LogP contribution in [-0.4, -0.2) is 8.42 Å². The Labute approximate surface area is 133 Å². The molecule has 0 aliphatic heterocycles. The fraction of sp³-hybridized carbons (Fsp3) is 0.143. The first-order valence-corrected chi connectivity index (χ1v) is 8.98. The van der Waals surface area contributed by atoms with Crippen LogP contribution >= 0.6 is 23.4 Å². The highest BCUT2D eigenvalue weighted by Gasteiger charge is 2.15. The fourth-order valence-electron chi connectivity index (χ4n) is 1.87. The van der Waals surface area contributed by atoms with Crippen LogP contribution < -0.4 is 10.9 Å². The van der Waals surface area contributed by atoms with Crippen molar-refractivity contribution in [1.29, 1.82) is 0 Å². The van der Waals surface area contributed by atoms with Crippen LogP contribution in [0.2, 0.25) is 5.02 Å². The number of sulfonamides is 1. The second kappa shape index (κ2) is 6.27. The van der Waals surface area contributed by atoms with E-state index in [0.29, 0.717) is 22.0 Å². The van der Waals surface area contributed by atoms with Crippen LogP contribution in [0.25, 0.3) is 0 Å². The lowest BCUT2D eigenvalue weighted by atomic mass is 10.2. The summed E-state index contributed by atoms with van der Waals surface area (Å²) < 4.78 is 23.1. The Morgan fingerprint density at radius 3 is 2.38 bits per heavy atom. The molecule has 0 saturated carbocycles. The molecule has 4 nitrogen and oxygen atoms in total. The maximum absolute atomic E-state index is 11.6. The Kier molecular flexibility index (Phi) is 4.83. The van der Waals surface area contributed by atoms with Crippen LogP contribution in [0.15, 0.2) is 46.2 Å². The smallest absolute Gasteiger partial charge is 0.238 e. The lowest BCUT2D eigenvalue weighted by Gasteiger charge is -2.11. The lowest BCUT2D eigenvalue weighted by molar-refractivity contribution is 0.597. The van der Waals surface area contributed by atoms with E-state index >= 15 is 0 Å². The van der Waals surface area contributed by atoms with Gasteiger partial charge in [-0.05, 0) is 42.3 Å². The second-order valence-electron chi connectivity index (χ2n) is 4.60. The van der Waals surface area contributed by atoms with Gasteiger partial charge in [0.25, 0.3) is 0 Å². The molecular formula is C14H15ClN2O2S2. The summed E-state index contributed by atoms with van der Waals surface area (Å²) in [5, 5.41) is 5.89. The lowest BCUT2D eigenvalue weighted by Crippen LogP contribution is -2.14. The summed E-state index contributed by atoms with van der Waals surface area (Å²) in [6, 6.07) is 10.6. The molecule has 2 rings (SSSR count). The van der Waals surface area contributed by atoms with Gasteiger partial charge in [-0.1, -0.05) is 23.7 Å². The first-order chi connectivity index (χ1) is 9.77. The molecule has 0 radical (unpaired) electrons. The summed E-state index contributed by atoms with van der Waals surface area (Å²) >= 11 is 7.35. The number of halogens is 1. The van der Waals surface area contributed by atoms with Gasteiger partial charge in [-0.2, -0.15) is 0 Å². The van der Waals surface area contributed by atoms with Crippen molar-refractivity contribution in [3.63, 3.8) is 0 Å². The summed E-state index contributed by atoms with van der Waals surface area (Å²) in [6.07, 6.45) is 0. The Morgan fingerprint density at radius 2 is 1.81 bits per heavy atom. The minimum Gasteiger partial charge on any atom is -0.399 e. The minimum atomic E-state index is -3.78.